The fourth-order valence-corrected chi connectivity index (χ4v) is 5.04. The Balaban J connectivity index is 1.41. The maximum atomic E-state index is 13.7. The van der Waals surface area contributed by atoms with Crippen molar-refractivity contribution in [2.45, 2.75) is 12.5 Å². The number of carbonyl (C=O) groups is 2. The van der Waals surface area contributed by atoms with Gasteiger partial charge < -0.3 is 23.8 Å². The quantitative estimate of drug-likeness (QED) is 0.424. The minimum absolute atomic E-state index is 0.142. The average molecular weight is 522 g/mol. The first kappa shape index (κ1) is 24.8. The second-order valence-electron chi connectivity index (χ2n) is 8.54. The van der Waals surface area contributed by atoms with Crippen LogP contribution in [0, 0.1) is 0 Å². The zero-order valence-corrected chi connectivity index (χ0v) is 21.4. The first-order chi connectivity index (χ1) is 18.1. The van der Waals surface area contributed by atoms with Crippen molar-refractivity contribution in [3.63, 3.8) is 0 Å². The summed E-state index contributed by atoms with van der Waals surface area (Å²) in [7, 11) is 3.13. The maximum Gasteiger partial charge on any atom is 0.262 e. The van der Waals surface area contributed by atoms with Crippen LogP contribution in [0.25, 0.3) is 0 Å². The molecule has 10 heteroatoms. The van der Waals surface area contributed by atoms with Gasteiger partial charge in [0.05, 0.1) is 30.3 Å². The van der Waals surface area contributed by atoms with E-state index in [0.717, 1.165) is 16.2 Å². The average Bonchev–Trinajstić information content (AvgIpc) is 3.70. The van der Waals surface area contributed by atoms with Gasteiger partial charge in [0.2, 0.25) is 6.79 Å². The molecule has 5 rings (SSSR count). The van der Waals surface area contributed by atoms with Crippen LogP contribution in [0.3, 0.4) is 0 Å². The van der Waals surface area contributed by atoms with E-state index in [2.05, 4.69) is 0 Å². The second-order valence-corrected chi connectivity index (χ2v) is 9.49. The first-order valence-corrected chi connectivity index (χ1v) is 12.7. The van der Waals surface area contributed by atoms with Gasteiger partial charge in [-0.3, -0.25) is 9.59 Å². The summed E-state index contributed by atoms with van der Waals surface area (Å²) in [4.78, 5) is 29.5. The SMILES string of the molecule is COCCN(CC(=O)N1N=C(c2cccs2)CC1c1ccc2c(c1)OCO2)C(=O)c1ccc(OC)cc1. The number of fused-ring (bicyclic) bond motifs is 1. The standard InChI is InChI=1S/C27H27N3O6S/c1-33-12-11-29(27(32)18-5-8-20(34-2)9-6-18)16-26(31)30-22(15-21(28-30)25-4-3-13-37-25)19-7-10-23-24(14-19)36-17-35-23/h3-10,13-14,22H,11-12,15-17H2,1-2H3. The van der Waals surface area contributed by atoms with Crippen molar-refractivity contribution in [3.8, 4) is 17.2 Å². The number of thiophene rings is 1. The van der Waals surface area contributed by atoms with Crippen LogP contribution in [0.1, 0.15) is 33.3 Å². The van der Waals surface area contributed by atoms with Gasteiger partial charge in [-0.05, 0) is 53.4 Å². The first-order valence-electron chi connectivity index (χ1n) is 11.8. The molecule has 0 radical (unpaired) electrons. The molecule has 1 aromatic heterocycles. The molecule has 0 spiro atoms. The summed E-state index contributed by atoms with van der Waals surface area (Å²) in [6.45, 7) is 0.586. The van der Waals surface area contributed by atoms with Crippen molar-refractivity contribution in [2.24, 2.45) is 5.10 Å². The molecule has 0 N–H and O–H groups in total. The fraction of sp³-hybridized carbons (Fsp3) is 0.296. The van der Waals surface area contributed by atoms with Crippen LogP contribution in [0.2, 0.25) is 0 Å². The third-order valence-corrected chi connectivity index (χ3v) is 7.19. The van der Waals surface area contributed by atoms with E-state index in [9.17, 15) is 9.59 Å². The van der Waals surface area contributed by atoms with Crippen molar-refractivity contribution in [3.05, 3.63) is 76.0 Å². The summed E-state index contributed by atoms with van der Waals surface area (Å²) in [5.41, 5.74) is 2.18. The molecule has 2 amide bonds. The Bertz CT molecular complexity index is 1290. The van der Waals surface area contributed by atoms with Crippen molar-refractivity contribution in [2.75, 3.05) is 40.7 Å². The predicted octanol–water partition coefficient (Wildman–Crippen LogP) is 3.95. The van der Waals surface area contributed by atoms with Crippen molar-refractivity contribution in [1.82, 2.24) is 9.91 Å². The lowest BCUT2D eigenvalue weighted by atomic mass is 10.0. The minimum Gasteiger partial charge on any atom is -0.497 e. The van der Waals surface area contributed by atoms with Gasteiger partial charge in [0, 0.05) is 25.6 Å². The summed E-state index contributed by atoms with van der Waals surface area (Å²) in [6.07, 6.45) is 0.552. The van der Waals surface area contributed by atoms with Crippen molar-refractivity contribution >= 4 is 28.9 Å². The highest BCUT2D eigenvalue weighted by Crippen LogP contribution is 2.39. The lowest BCUT2D eigenvalue weighted by Gasteiger charge is -2.27. The van der Waals surface area contributed by atoms with E-state index in [0.29, 0.717) is 35.8 Å². The number of amides is 2. The Hall–Kier alpha value is -3.89. The molecule has 2 aliphatic rings. The Morgan fingerprint density at radius 1 is 1.11 bits per heavy atom. The lowest BCUT2D eigenvalue weighted by molar-refractivity contribution is -0.133. The molecule has 0 saturated heterocycles. The number of hydrogen-bond acceptors (Lipinski definition) is 8. The monoisotopic (exact) mass is 521 g/mol. The zero-order chi connectivity index (χ0) is 25.8. The lowest BCUT2D eigenvalue weighted by Crippen LogP contribution is -2.42. The summed E-state index contributed by atoms with van der Waals surface area (Å²) >= 11 is 1.58. The summed E-state index contributed by atoms with van der Waals surface area (Å²) in [5.74, 6) is 1.41. The Kier molecular flexibility index (Phi) is 7.38. The van der Waals surface area contributed by atoms with E-state index in [1.54, 1.807) is 49.8 Å². The number of rotatable bonds is 9. The van der Waals surface area contributed by atoms with Crippen LogP contribution in [-0.2, 0) is 9.53 Å². The number of carbonyl (C=O) groups excluding carboxylic acids is 2. The van der Waals surface area contributed by atoms with Gasteiger partial charge in [-0.2, -0.15) is 5.10 Å². The molecule has 0 bridgehead atoms. The molecule has 0 saturated carbocycles. The van der Waals surface area contributed by atoms with E-state index in [1.807, 2.05) is 35.7 Å². The van der Waals surface area contributed by atoms with Gasteiger partial charge in [0.15, 0.2) is 11.5 Å². The van der Waals surface area contributed by atoms with Crippen molar-refractivity contribution < 1.29 is 28.5 Å². The van der Waals surface area contributed by atoms with Gasteiger partial charge in [0.1, 0.15) is 12.3 Å². The number of nitrogens with zero attached hydrogens (tertiary/aromatic N) is 3. The molecule has 37 heavy (non-hydrogen) atoms. The molecule has 2 aliphatic heterocycles. The largest absolute Gasteiger partial charge is 0.497 e. The molecule has 3 heterocycles. The summed E-state index contributed by atoms with van der Waals surface area (Å²) in [6, 6.07) is 16.1. The predicted molar refractivity (Wildman–Crippen MR) is 138 cm³/mol. The van der Waals surface area contributed by atoms with Crippen LogP contribution >= 0.6 is 11.3 Å². The molecule has 1 atom stereocenters. The van der Waals surface area contributed by atoms with Crippen LogP contribution in [-0.4, -0.2) is 68.1 Å². The molecule has 2 aromatic carbocycles. The van der Waals surface area contributed by atoms with E-state index in [4.69, 9.17) is 24.0 Å². The molecule has 9 nitrogen and oxygen atoms in total. The van der Waals surface area contributed by atoms with E-state index < -0.39 is 0 Å². The normalized spacial score (nSPS) is 16.0. The second kappa shape index (κ2) is 11.0. The zero-order valence-electron chi connectivity index (χ0n) is 20.6. The number of hydrazone groups is 1. The molecule has 192 valence electrons. The number of benzene rings is 2. The molecule has 3 aromatic rings. The summed E-state index contributed by atoms with van der Waals surface area (Å²) < 4.78 is 21.4. The summed E-state index contributed by atoms with van der Waals surface area (Å²) in [5, 5.41) is 8.20. The van der Waals surface area contributed by atoms with Gasteiger partial charge in [-0.25, -0.2) is 5.01 Å². The van der Waals surface area contributed by atoms with Crippen LogP contribution < -0.4 is 14.2 Å². The topological polar surface area (TPSA) is 89.9 Å². The minimum atomic E-state index is -0.334. The number of ether oxygens (including phenoxy) is 4. The van der Waals surface area contributed by atoms with Gasteiger partial charge in [0.25, 0.3) is 11.8 Å². The highest BCUT2D eigenvalue weighted by Gasteiger charge is 2.35. The van der Waals surface area contributed by atoms with Gasteiger partial charge >= 0.3 is 0 Å². The highest BCUT2D eigenvalue weighted by atomic mass is 32.1. The molecular formula is C27H27N3O6S. The third kappa shape index (κ3) is 5.30. The van der Waals surface area contributed by atoms with E-state index in [-0.39, 0.29) is 37.7 Å². The fourth-order valence-electron chi connectivity index (χ4n) is 4.32. The molecule has 1 unspecified atom stereocenters. The van der Waals surface area contributed by atoms with Crippen LogP contribution in [0.5, 0.6) is 17.2 Å². The number of hydrogen-bond donors (Lipinski definition) is 0. The van der Waals surface area contributed by atoms with Gasteiger partial charge in [-0.15, -0.1) is 11.3 Å². The maximum absolute atomic E-state index is 13.7. The van der Waals surface area contributed by atoms with Crippen LogP contribution in [0.4, 0.5) is 0 Å². The van der Waals surface area contributed by atoms with Crippen LogP contribution in [0.15, 0.2) is 65.1 Å². The Morgan fingerprint density at radius 3 is 2.65 bits per heavy atom. The van der Waals surface area contributed by atoms with E-state index in [1.165, 1.54) is 9.91 Å². The smallest absolute Gasteiger partial charge is 0.262 e. The molecule has 0 aliphatic carbocycles. The third-order valence-electron chi connectivity index (χ3n) is 6.27. The molecule has 0 fully saturated rings. The Labute approximate surface area is 218 Å². The Morgan fingerprint density at radius 2 is 1.92 bits per heavy atom. The van der Waals surface area contributed by atoms with Crippen molar-refractivity contribution in [1.29, 1.82) is 0 Å². The van der Waals surface area contributed by atoms with Gasteiger partial charge in [-0.1, -0.05) is 12.1 Å². The molecular weight excluding hydrogens is 494 g/mol. The highest BCUT2D eigenvalue weighted by molar-refractivity contribution is 7.12. The number of methoxy groups -OCH3 is 2. The van der Waals surface area contributed by atoms with E-state index >= 15 is 0 Å².